The van der Waals surface area contributed by atoms with Crippen molar-refractivity contribution in [2.24, 2.45) is 5.73 Å². The Morgan fingerprint density at radius 2 is 2.44 bits per heavy atom. The number of amides is 1. The molecule has 0 aliphatic heterocycles. The van der Waals surface area contributed by atoms with Crippen LogP contribution in [0.2, 0.25) is 0 Å². The summed E-state index contributed by atoms with van der Waals surface area (Å²) >= 11 is 0. The van der Waals surface area contributed by atoms with Gasteiger partial charge in [0.1, 0.15) is 0 Å². The number of carbonyl (C=O) groups is 1. The summed E-state index contributed by atoms with van der Waals surface area (Å²) in [6.07, 6.45) is 6.88. The summed E-state index contributed by atoms with van der Waals surface area (Å²) in [5.41, 5.74) is 5.88. The predicted molar refractivity (Wildman–Crippen MR) is 58.4 cm³/mol. The molecule has 0 aromatic carbocycles. The van der Waals surface area contributed by atoms with Crippen molar-refractivity contribution in [3.63, 3.8) is 0 Å². The zero-order valence-electron chi connectivity index (χ0n) is 9.17. The molecule has 88 valence electrons. The van der Waals surface area contributed by atoms with E-state index in [-0.39, 0.29) is 18.0 Å². The third kappa shape index (κ3) is 2.79. The number of aryl methyl sites for hydroxylation is 1. The van der Waals surface area contributed by atoms with Crippen LogP contribution in [0.3, 0.4) is 0 Å². The highest BCUT2D eigenvalue weighted by Gasteiger charge is 2.24. The monoisotopic (exact) mass is 223 g/mol. The second-order valence-electron chi connectivity index (χ2n) is 4.18. The minimum absolute atomic E-state index is 0.0397. The molecule has 0 saturated heterocycles. The van der Waals surface area contributed by atoms with Crippen LogP contribution in [0.5, 0.6) is 0 Å². The molecule has 2 rings (SSSR count). The maximum atomic E-state index is 11.6. The van der Waals surface area contributed by atoms with E-state index in [1.807, 2.05) is 0 Å². The Balaban J connectivity index is 1.72. The number of hydrogen-bond donors (Lipinski definition) is 2. The normalized spacial score (nSPS) is 24.6. The highest BCUT2D eigenvalue weighted by Crippen LogP contribution is 2.16. The number of aromatic nitrogens is 3. The van der Waals surface area contributed by atoms with Crippen molar-refractivity contribution in [3.8, 4) is 0 Å². The van der Waals surface area contributed by atoms with E-state index < -0.39 is 0 Å². The molecule has 1 aromatic rings. The van der Waals surface area contributed by atoms with Crippen LogP contribution in [-0.4, -0.2) is 33.0 Å². The first-order chi connectivity index (χ1) is 7.75. The number of nitrogens with two attached hydrogens (primary N) is 1. The van der Waals surface area contributed by atoms with Gasteiger partial charge >= 0.3 is 0 Å². The van der Waals surface area contributed by atoms with Gasteiger partial charge in [0.05, 0.1) is 12.7 Å². The van der Waals surface area contributed by atoms with E-state index in [0.717, 1.165) is 19.3 Å². The number of nitrogens with one attached hydrogen (secondary N) is 1. The Kier molecular flexibility index (Phi) is 3.51. The van der Waals surface area contributed by atoms with Crippen LogP contribution in [0, 0.1) is 0 Å². The molecule has 16 heavy (non-hydrogen) atoms. The lowest BCUT2D eigenvalue weighted by molar-refractivity contribution is -0.122. The van der Waals surface area contributed by atoms with Gasteiger partial charge < -0.3 is 11.1 Å². The molecule has 1 aromatic heterocycles. The second-order valence-corrected chi connectivity index (χ2v) is 4.18. The van der Waals surface area contributed by atoms with Crippen molar-refractivity contribution in [2.75, 3.05) is 0 Å². The molecular formula is C10H17N5O. The van der Waals surface area contributed by atoms with Gasteiger partial charge in [0.15, 0.2) is 0 Å². The minimum Gasteiger partial charge on any atom is -0.352 e. The van der Waals surface area contributed by atoms with Gasteiger partial charge in [-0.25, -0.2) is 0 Å². The summed E-state index contributed by atoms with van der Waals surface area (Å²) in [7, 11) is 0. The lowest BCUT2D eigenvalue weighted by Gasteiger charge is -2.16. The molecule has 6 heteroatoms. The largest absolute Gasteiger partial charge is 0.352 e. The number of rotatable bonds is 4. The summed E-state index contributed by atoms with van der Waals surface area (Å²) in [6.45, 7) is 0.563. The fraction of sp³-hybridized carbons (Fsp3) is 0.700. The quantitative estimate of drug-likeness (QED) is 0.731. The van der Waals surface area contributed by atoms with Crippen LogP contribution in [0.15, 0.2) is 12.4 Å². The molecule has 2 atom stereocenters. The van der Waals surface area contributed by atoms with E-state index in [9.17, 15) is 4.79 Å². The number of hydrogen-bond acceptors (Lipinski definition) is 4. The lowest BCUT2D eigenvalue weighted by atomic mass is 10.2. The molecule has 1 saturated carbocycles. The molecule has 2 unspecified atom stereocenters. The third-order valence-electron chi connectivity index (χ3n) is 2.96. The average Bonchev–Trinajstić information content (AvgIpc) is 2.88. The summed E-state index contributed by atoms with van der Waals surface area (Å²) in [5, 5.41) is 10.4. The highest BCUT2D eigenvalue weighted by atomic mass is 16.1. The fourth-order valence-corrected chi connectivity index (χ4v) is 2.01. The fourth-order valence-electron chi connectivity index (χ4n) is 2.01. The minimum atomic E-state index is 0.0397. The molecule has 0 radical (unpaired) electrons. The molecule has 1 fully saturated rings. The highest BCUT2D eigenvalue weighted by molar-refractivity contribution is 5.76. The van der Waals surface area contributed by atoms with E-state index in [1.165, 1.54) is 0 Å². The Labute approximate surface area is 94.2 Å². The van der Waals surface area contributed by atoms with Crippen molar-refractivity contribution >= 4 is 5.91 Å². The first kappa shape index (κ1) is 11.1. The molecule has 1 aliphatic carbocycles. The zero-order chi connectivity index (χ0) is 11.4. The predicted octanol–water partition coefficient (Wildman–Crippen LogP) is -0.336. The maximum Gasteiger partial charge on any atom is 0.222 e. The van der Waals surface area contributed by atoms with Crippen LogP contribution >= 0.6 is 0 Å². The van der Waals surface area contributed by atoms with E-state index in [1.54, 1.807) is 17.1 Å². The first-order valence-electron chi connectivity index (χ1n) is 5.65. The van der Waals surface area contributed by atoms with Gasteiger partial charge in [0, 0.05) is 24.7 Å². The van der Waals surface area contributed by atoms with Crippen molar-refractivity contribution in [1.29, 1.82) is 0 Å². The van der Waals surface area contributed by atoms with Crippen LogP contribution in [0.4, 0.5) is 0 Å². The molecule has 3 N–H and O–H groups in total. The number of nitrogens with zero attached hydrogens (tertiary/aromatic N) is 3. The molecule has 1 heterocycles. The third-order valence-corrected chi connectivity index (χ3v) is 2.96. The van der Waals surface area contributed by atoms with Crippen LogP contribution < -0.4 is 11.1 Å². The van der Waals surface area contributed by atoms with Gasteiger partial charge in [-0.2, -0.15) is 0 Å². The van der Waals surface area contributed by atoms with Gasteiger partial charge in [0.2, 0.25) is 5.91 Å². The molecule has 1 aliphatic rings. The van der Waals surface area contributed by atoms with Crippen LogP contribution in [0.25, 0.3) is 0 Å². The molecule has 1 amide bonds. The van der Waals surface area contributed by atoms with Crippen molar-refractivity contribution < 1.29 is 4.79 Å². The van der Waals surface area contributed by atoms with E-state index in [2.05, 4.69) is 15.6 Å². The second kappa shape index (κ2) is 5.07. The molecule has 0 bridgehead atoms. The van der Waals surface area contributed by atoms with Crippen molar-refractivity contribution in [2.45, 2.75) is 44.3 Å². The zero-order valence-corrected chi connectivity index (χ0v) is 9.17. The molecule has 6 nitrogen and oxygen atoms in total. The topological polar surface area (TPSA) is 85.8 Å². The van der Waals surface area contributed by atoms with Gasteiger partial charge in [-0.15, -0.1) is 5.10 Å². The Morgan fingerprint density at radius 3 is 3.06 bits per heavy atom. The average molecular weight is 223 g/mol. The van der Waals surface area contributed by atoms with E-state index >= 15 is 0 Å². The molecular weight excluding hydrogens is 206 g/mol. The summed E-state index contributed by atoms with van der Waals surface area (Å²) in [4.78, 5) is 11.6. The SMILES string of the molecule is NC1CCCC1NC(=O)CCn1ccnn1. The summed E-state index contributed by atoms with van der Waals surface area (Å²) in [6, 6.07) is 0.276. The van der Waals surface area contributed by atoms with Crippen LogP contribution in [-0.2, 0) is 11.3 Å². The first-order valence-corrected chi connectivity index (χ1v) is 5.65. The van der Waals surface area contributed by atoms with Crippen molar-refractivity contribution in [1.82, 2.24) is 20.3 Å². The lowest BCUT2D eigenvalue weighted by Crippen LogP contribution is -2.44. The van der Waals surface area contributed by atoms with Gasteiger partial charge in [-0.05, 0) is 19.3 Å². The van der Waals surface area contributed by atoms with Crippen molar-refractivity contribution in [3.05, 3.63) is 12.4 Å². The van der Waals surface area contributed by atoms with Gasteiger partial charge in [-0.1, -0.05) is 5.21 Å². The Hall–Kier alpha value is -1.43. The van der Waals surface area contributed by atoms with E-state index in [4.69, 9.17) is 5.73 Å². The summed E-state index contributed by atoms with van der Waals surface area (Å²) < 4.78 is 1.65. The van der Waals surface area contributed by atoms with Gasteiger partial charge in [0.25, 0.3) is 0 Å². The number of carbonyl (C=O) groups excluding carboxylic acids is 1. The van der Waals surface area contributed by atoms with Gasteiger partial charge in [-0.3, -0.25) is 9.48 Å². The summed E-state index contributed by atoms with van der Waals surface area (Å²) in [5.74, 6) is 0.0397. The maximum absolute atomic E-state index is 11.6. The Bertz CT molecular complexity index is 337. The standard InChI is InChI=1S/C10H17N5O/c11-8-2-1-3-9(8)13-10(16)4-6-15-7-5-12-14-15/h5,7-9H,1-4,6,11H2,(H,13,16). The Morgan fingerprint density at radius 1 is 1.56 bits per heavy atom. The van der Waals surface area contributed by atoms with E-state index in [0.29, 0.717) is 13.0 Å². The molecule has 0 spiro atoms. The smallest absolute Gasteiger partial charge is 0.222 e. The van der Waals surface area contributed by atoms with Crippen LogP contribution in [0.1, 0.15) is 25.7 Å².